The smallest absolute Gasteiger partial charge is 0.232 e. The third-order valence-corrected chi connectivity index (χ3v) is 7.08. The van der Waals surface area contributed by atoms with Crippen molar-refractivity contribution in [2.24, 2.45) is 0 Å². The van der Waals surface area contributed by atoms with Gasteiger partial charge in [0.05, 0.1) is 11.9 Å². The minimum Gasteiger partial charge on any atom is -0.352 e. The lowest BCUT2D eigenvalue weighted by molar-refractivity contribution is -0.121. The predicted octanol–water partition coefficient (Wildman–Crippen LogP) is 3.71. The van der Waals surface area contributed by atoms with Crippen molar-refractivity contribution in [1.82, 2.24) is 10.2 Å². The summed E-state index contributed by atoms with van der Waals surface area (Å²) in [5.41, 5.74) is 4.16. The molecule has 0 unspecified atom stereocenters. The van der Waals surface area contributed by atoms with Crippen molar-refractivity contribution in [2.45, 2.75) is 52.1 Å². The number of carbonyl (C=O) groups is 1. The van der Waals surface area contributed by atoms with Crippen LogP contribution < -0.4 is 9.62 Å². The molecule has 1 heterocycles. The van der Waals surface area contributed by atoms with Crippen molar-refractivity contribution >= 4 is 21.6 Å². The number of aryl methyl sites for hydroxylation is 1. The highest BCUT2D eigenvalue weighted by atomic mass is 32.2. The first kappa shape index (κ1) is 24.3. The first-order chi connectivity index (χ1) is 15.3. The molecule has 0 bridgehead atoms. The van der Waals surface area contributed by atoms with E-state index in [2.05, 4.69) is 29.3 Å². The van der Waals surface area contributed by atoms with Crippen LogP contribution in [0.5, 0.6) is 0 Å². The molecule has 2 aromatic carbocycles. The number of benzene rings is 2. The Morgan fingerprint density at radius 2 is 1.72 bits per heavy atom. The number of anilines is 1. The maximum absolute atomic E-state index is 12.3. The second-order valence-electron chi connectivity index (χ2n) is 8.54. The minimum absolute atomic E-state index is 0.0651. The van der Waals surface area contributed by atoms with Crippen LogP contribution in [0.4, 0.5) is 5.69 Å². The zero-order chi connectivity index (χ0) is 23.0. The van der Waals surface area contributed by atoms with Crippen molar-refractivity contribution in [1.29, 1.82) is 0 Å². The van der Waals surface area contributed by atoms with E-state index in [-0.39, 0.29) is 18.9 Å². The molecule has 2 aromatic rings. The summed E-state index contributed by atoms with van der Waals surface area (Å²) in [5.74, 6) is -0.0651. The monoisotopic (exact) mass is 457 g/mol. The Balaban J connectivity index is 1.47. The van der Waals surface area contributed by atoms with Gasteiger partial charge in [-0.25, -0.2) is 8.42 Å². The molecule has 1 aliphatic rings. The molecular weight excluding hydrogens is 422 g/mol. The van der Waals surface area contributed by atoms with E-state index in [1.807, 2.05) is 36.4 Å². The summed E-state index contributed by atoms with van der Waals surface area (Å²) in [6.45, 7) is 6.11. The molecule has 174 valence electrons. The minimum atomic E-state index is -3.41. The Labute approximate surface area is 192 Å². The van der Waals surface area contributed by atoms with Crippen LogP contribution in [0, 0.1) is 0 Å². The second kappa shape index (κ2) is 11.5. The number of carbonyl (C=O) groups excluding carboxylic acids is 1. The predicted molar refractivity (Wildman–Crippen MR) is 130 cm³/mol. The number of sulfonamides is 1. The van der Waals surface area contributed by atoms with Gasteiger partial charge in [0, 0.05) is 26.1 Å². The quantitative estimate of drug-likeness (QED) is 0.559. The molecule has 1 amide bonds. The van der Waals surface area contributed by atoms with E-state index in [1.54, 1.807) is 0 Å². The van der Waals surface area contributed by atoms with Gasteiger partial charge in [-0.15, -0.1) is 0 Å². The molecule has 1 N–H and O–H groups in total. The number of likely N-dealkylation sites (tertiary alicyclic amines) is 1. The van der Waals surface area contributed by atoms with E-state index < -0.39 is 10.0 Å². The van der Waals surface area contributed by atoms with Crippen LogP contribution in [0.15, 0.2) is 48.5 Å². The van der Waals surface area contributed by atoms with Crippen molar-refractivity contribution in [3.8, 4) is 0 Å². The third-order valence-electron chi connectivity index (χ3n) is 5.88. The lowest BCUT2D eigenvalue weighted by atomic mass is 10.1. The van der Waals surface area contributed by atoms with Crippen LogP contribution in [0.1, 0.15) is 49.3 Å². The fourth-order valence-electron chi connectivity index (χ4n) is 4.09. The molecule has 0 spiro atoms. The molecule has 1 aliphatic heterocycles. The summed E-state index contributed by atoms with van der Waals surface area (Å²) < 4.78 is 25.9. The normalized spacial score (nSPS) is 14.4. The third kappa shape index (κ3) is 7.35. The van der Waals surface area contributed by atoms with Gasteiger partial charge < -0.3 is 5.32 Å². The van der Waals surface area contributed by atoms with E-state index >= 15 is 0 Å². The number of nitrogens with one attached hydrogen (secondary N) is 1. The van der Waals surface area contributed by atoms with Crippen LogP contribution in [0.3, 0.4) is 0 Å². The Morgan fingerprint density at radius 1 is 1.03 bits per heavy atom. The van der Waals surface area contributed by atoms with Gasteiger partial charge in [0.1, 0.15) is 0 Å². The van der Waals surface area contributed by atoms with E-state index in [0.29, 0.717) is 18.7 Å². The highest BCUT2D eigenvalue weighted by molar-refractivity contribution is 7.92. The Morgan fingerprint density at radius 3 is 2.38 bits per heavy atom. The zero-order valence-electron chi connectivity index (χ0n) is 19.2. The number of hydrogen-bond acceptors (Lipinski definition) is 4. The SMILES string of the molecule is CCc1ccc(N(CCCC(=O)NCc2cccc(CN3CCCC3)c2)S(C)(=O)=O)cc1. The topological polar surface area (TPSA) is 69.7 Å². The standard InChI is InChI=1S/C25H35N3O3S/c1-3-21-11-13-24(14-12-21)28(32(2,30)31)17-7-10-25(29)26-19-22-8-6-9-23(18-22)20-27-15-4-5-16-27/h6,8-9,11-14,18H,3-5,7,10,15-17,19-20H2,1-2H3,(H,26,29). The van der Waals surface area contributed by atoms with Gasteiger partial charge in [0.2, 0.25) is 15.9 Å². The fourth-order valence-corrected chi connectivity index (χ4v) is 5.06. The summed E-state index contributed by atoms with van der Waals surface area (Å²) in [4.78, 5) is 14.8. The molecule has 0 atom stereocenters. The first-order valence-electron chi connectivity index (χ1n) is 11.5. The van der Waals surface area contributed by atoms with E-state index in [0.717, 1.165) is 37.2 Å². The molecule has 6 nitrogen and oxygen atoms in total. The van der Waals surface area contributed by atoms with Crippen molar-refractivity contribution in [2.75, 3.05) is 30.2 Å². The molecule has 0 saturated carbocycles. The van der Waals surface area contributed by atoms with Gasteiger partial charge in [-0.3, -0.25) is 14.0 Å². The van der Waals surface area contributed by atoms with E-state index in [9.17, 15) is 13.2 Å². The Bertz CT molecular complexity index is 984. The summed E-state index contributed by atoms with van der Waals surface area (Å²) in [6.07, 6.45) is 5.40. The highest BCUT2D eigenvalue weighted by Gasteiger charge is 2.17. The fraction of sp³-hybridized carbons (Fsp3) is 0.480. The lowest BCUT2D eigenvalue weighted by Crippen LogP contribution is -2.32. The summed E-state index contributed by atoms with van der Waals surface area (Å²) in [7, 11) is -3.41. The van der Waals surface area contributed by atoms with Crippen LogP contribution >= 0.6 is 0 Å². The average molecular weight is 458 g/mol. The summed E-state index contributed by atoms with van der Waals surface area (Å²) >= 11 is 0. The second-order valence-corrected chi connectivity index (χ2v) is 10.4. The van der Waals surface area contributed by atoms with E-state index in [1.165, 1.54) is 29.0 Å². The highest BCUT2D eigenvalue weighted by Crippen LogP contribution is 2.19. The van der Waals surface area contributed by atoms with Crippen LogP contribution in [-0.4, -0.2) is 45.1 Å². The van der Waals surface area contributed by atoms with Crippen LogP contribution in [0.25, 0.3) is 0 Å². The number of hydrogen-bond donors (Lipinski definition) is 1. The van der Waals surface area contributed by atoms with Gasteiger partial charge in [-0.05, 0) is 67.6 Å². The number of amides is 1. The van der Waals surface area contributed by atoms with E-state index in [4.69, 9.17) is 0 Å². The molecule has 3 rings (SSSR count). The molecule has 1 fully saturated rings. The number of nitrogens with zero attached hydrogens (tertiary/aromatic N) is 2. The molecule has 0 radical (unpaired) electrons. The molecule has 0 aliphatic carbocycles. The largest absolute Gasteiger partial charge is 0.352 e. The van der Waals surface area contributed by atoms with Crippen molar-refractivity contribution < 1.29 is 13.2 Å². The average Bonchev–Trinajstić information content (AvgIpc) is 3.28. The Kier molecular flexibility index (Phi) is 8.70. The van der Waals surface area contributed by atoms with Gasteiger partial charge in [-0.1, -0.05) is 43.3 Å². The molecule has 1 saturated heterocycles. The number of rotatable bonds is 11. The molecular formula is C25H35N3O3S. The van der Waals surface area contributed by atoms with Gasteiger partial charge in [0.25, 0.3) is 0 Å². The Hall–Kier alpha value is -2.38. The molecule has 32 heavy (non-hydrogen) atoms. The summed E-state index contributed by atoms with van der Waals surface area (Å²) in [5, 5.41) is 2.97. The van der Waals surface area contributed by atoms with Crippen LogP contribution in [0.2, 0.25) is 0 Å². The van der Waals surface area contributed by atoms with Crippen LogP contribution in [-0.2, 0) is 34.3 Å². The van der Waals surface area contributed by atoms with Crippen molar-refractivity contribution in [3.63, 3.8) is 0 Å². The van der Waals surface area contributed by atoms with Crippen molar-refractivity contribution in [3.05, 3.63) is 65.2 Å². The van der Waals surface area contributed by atoms with Gasteiger partial charge >= 0.3 is 0 Å². The molecule has 7 heteroatoms. The lowest BCUT2D eigenvalue weighted by Gasteiger charge is -2.22. The maximum atomic E-state index is 12.3. The molecule has 0 aromatic heterocycles. The van der Waals surface area contributed by atoms with Gasteiger partial charge in [0.15, 0.2) is 0 Å². The summed E-state index contributed by atoms with van der Waals surface area (Å²) in [6, 6.07) is 15.9. The van der Waals surface area contributed by atoms with Gasteiger partial charge in [-0.2, -0.15) is 0 Å². The first-order valence-corrected chi connectivity index (χ1v) is 13.3. The zero-order valence-corrected chi connectivity index (χ0v) is 20.0. The maximum Gasteiger partial charge on any atom is 0.232 e.